The molecule has 2 rings (SSSR count). The number of nitrogens with one attached hydrogen (secondary N) is 1. The van der Waals surface area contributed by atoms with Gasteiger partial charge in [0, 0.05) is 17.8 Å². The molecule has 1 aromatic heterocycles. The Balaban J connectivity index is 1.97. The van der Waals surface area contributed by atoms with Gasteiger partial charge in [-0.25, -0.2) is 9.97 Å². The Hall–Kier alpha value is -1.12. The van der Waals surface area contributed by atoms with Crippen molar-refractivity contribution in [3.63, 3.8) is 0 Å². The molecule has 0 saturated heterocycles. The van der Waals surface area contributed by atoms with Crippen LogP contribution in [0.2, 0.25) is 0 Å². The highest BCUT2D eigenvalue weighted by atomic mass is 15.0. The maximum absolute atomic E-state index is 4.44. The Bertz CT molecular complexity index is 368. The molecule has 3 nitrogen and oxygen atoms in total. The monoisotopic (exact) mass is 233 g/mol. The molecule has 0 spiro atoms. The van der Waals surface area contributed by atoms with Crippen LogP contribution >= 0.6 is 0 Å². The Morgan fingerprint density at radius 2 is 1.82 bits per heavy atom. The Kier molecular flexibility index (Phi) is 3.36. The van der Waals surface area contributed by atoms with Crippen molar-refractivity contribution in [2.24, 2.45) is 5.41 Å². The van der Waals surface area contributed by atoms with E-state index in [0.29, 0.717) is 11.5 Å². The standard InChI is InChI=1S/C14H23N3/c1-10-9-13(16-11(2)15-10)17-12-5-7-14(3,4)8-6-12/h9,12H,5-8H2,1-4H3,(H,15,16,17). The van der Waals surface area contributed by atoms with Crippen LogP contribution in [0, 0.1) is 19.3 Å². The summed E-state index contributed by atoms with van der Waals surface area (Å²) in [5.74, 6) is 1.84. The lowest BCUT2D eigenvalue weighted by Crippen LogP contribution is -2.30. The summed E-state index contributed by atoms with van der Waals surface area (Å²) in [6.45, 7) is 8.69. The summed E-state index contributed by atoms with van der Waals surface area (Å²) in [5.41, 5.74) is 1.56. The second-order valence-electron chi connectivity index (χ2n) is 6.02. The van der Waals surface area contributed by atoms with Crippen LogP contribution in [-0.4, -0.2) is 16.0 Å². The largest absolute Gasteiger partial charge is 0.367 e. The fourth-order valence-electron chi connectivity index (χ4n) is 2.54. The van der Waals surface area contributed by atoms with Crippen molar-refractivity contribution in [3.8, 4) is 0 Å². The van der Waals surface area contributed by atoms with E-state index in [0.717, 1.165) is 17.3 Å². The molecule has 0 aliphatic heterocycles. The minimum absolute atomic E-state index is 0.523. The SMILES string of the molecule is Cc1cc(NC2CCC(C)(C)CC2)nc(C)n1. The van der Waals surface area contributed by atoms with E-state index in [-0.39, 0.29) is 0 Å². The maximum atomic E-state index is 4.44. The molecule has 1 heterocycles. The highest BCUT2D eigenvalue weighted by molar-refractivity contribution is 5.36. The minimum Gasteiger partial charge on any atom is -0.367 e. The zero-order valence-corrected chi connectivity index (χ0v) is 11.4. The smallest absolute Gasteiger partial charge is 0.130 e. The summed E-state index contributed by atoms with van der Waals surface area (Å²) in [7, 11) is 0. The zero-order chi connectivity index (χ0) is 12.5. The van der Waals surface area contributed by atoms with Gasteiger partial charge < -0.3 is 5.32 Å². The minimum atomic E-state index is 0.523. The van der Waals surface area contributed by atoms with E-state index in [1.807, 2.05) is 19.9 Å². The summed E-state index contributed by atoms with van der Waals surface area (Å²) in [5, 5.41) is 3.55. The summed E-state index contributed by atoms with van der Waals surface area (Å²) >= 11 is 0. The van der Waals surface area contributed by atoms with Crippen molar-refractivity contribution >= 4 is 5.82 Å². The van der Waals surface area contributed by atoms with Crippen molar-refractivity contribution < 1.29 is 0 Å². The van der Waals surface area contributed by atoms with Gasteiger partial charge in [-0.1, -0.05) is 13.8 Å². The fourth-order valence-corrected chi connectivity index (χ4v) is 2.54. The molecule has 1 aliphatic rings. The Labute approximate surface area is 104 Å². The van der Waals surface area contributed by atoms with E-state index in [4.69, 9.17) is 0 Å². The molecular weight excluding hydrogens is 210 g/mol. The van der Waals surface area contributed by atoms with Gasteiger partial charge in [-0.3, -0.25) is 0 Å². The number of anilines is 1. The van der Waals surface area contributed by atoms with E-state index in [9.17, 15) is 0 Å². The van der Waals surface area contributed by atoms with E-state index in [1.165, 1.54) is 25.7 Å². The van der Waals surface area contributed by atoms with Gasteiger partial charge in [0.2, 0.25) is 0 Å². The van der Waals surface area contributed by atoms with E-state index in [2.05, 4.69) is 29.1 Å². The second-order valence-corrected chi connectivity index (χ2v) is 6.02. The molecule has 0 amide bonds. The van der Waals surface area contributed by atoms with Crippen LogP contribution < -0.4 is 5.32 Å². The summed E-state index contributed by atoms with van der Waals surface area (Å²) in [6, 6.07) is 2.61. The molecule has 0 atom stereocenters. The predicted octanol–water partition coefficient (Wildman–Crippen LogP) is 3.47. The van der Waals surface area contributed by atoms with E-state index < -0.39 is 0 Å². The number of aromatic nitrogens is 2. The molecule has 1 fully saturated rings. The summed E-state index contributed by atoms with van der Waals surface area (Å²) < 4.78 is 0. The van der Waals surface area contributed by atoms with Gasteiger partial charge in [-0.2, -0.15) is 0 Å². The molecule has 3 heteroatoms. The van der Waals surface area contributed by atoms with Gasteiger partial charge in [0.15, 0.2) is 0 Å². The summed E-state index contributed by atoms with van der Waals surface area (Å²) in [4.78, 5) is 8.74. The molecule has 1 N–H and O–H groups in total. The number of nitrogens with zero attached hydrogens (tertiary/aromatic N) is 2. The molecule has 1 aliphatic carbocycles. The van der Waals surface area contributed by atoms with E-state index >= 15 is 0 Å². The van der Waals surface area contributed by atoms with Crippen LogP contribution in [0.5, 0.6) is 0 Å². The van der Waals surface area contributed by atoms with Gasteiger partial charge in [0.05, 0.1) is 0 Å². The third-order valence-corrected chi connectivity index (χ3v) is 3.66. The van der Waals surface area contributed by atoms with Gasteiger partial charge in [-0.15, -0.1) is 0 Å². The first-order chi connectivity index (χ1) is 7.94. The first-order valence-corrected chi connectivity index (χ1v) is 6.53. The highest BCUT2D eigenvalue weighted by Crippen LogP contribution is 2.35. The van der Waals surface area contributed by atoms with Crippen LogP contribution in [0.3, 0.4) is 0 Å². The zero-order valence-electron chi connectivity index (χ0n) is 11.4. The number of aryl methyl sites for hydroxylation is 2. The third-order valence-electron chi connectivity index (χ3n) is 3.66. The van der Waals surface area contributed by atoms with Gasteiger partial charge >= 0.3 is 0 Å². The van der Waals surface area contributed by atoms with Crippen LogP contribution in [-0.2, 0) is 0 Å². The molecule has 0 bridgehead atoms. The van der Waals surface area contributed by atoms with E-state index in [1.54, 1.807) is 0 Å². The molecule has 17 heavy (non-hydrogen) atoms. The maximum Gasteiger partial charge on any atom is 0.130 e. The first kappa shape index (κ1) is 12.3. The Morgan fingerprint density at radius 3 is 2.41 bits per heavy atom. The fraction of sp³-hybridized carbons (Fsp3) is 0.714. The average molecular weight is 233 g/mol. The van der Waals surface area contributed by atoms with Crippen molar-refractivity contribution in [3.05, 3.63) is 17.6 Å². The second kappa shape index (κ2) is 4.63. The first-order valence-electron chi connectivity index (χ1n) is 6.53. The van der Waals surface area contributed by atoms with Crippen LogP contribution in [0.4, 0.5) is 5.82 Å². The molecule has 0 unspecified atom stereocenters. The van der Waals surface area contributed by atoms with Crippen molar-refractivity contribution in [2.45, 2.75) is 59.4 Å². The summed E-state index contributed by atoms with van der Waals surface area (Å²) in [6.07, 6.45) is 5.09. The number of hydrogen-bond donors (Lipinski definition) is 1. The predicted molar refractivity (Wildman–Crippen MR) is 71.2 cm³/mol. The van der Waals surface area contributed by atoms with Gasteiger partial charge in [0.25, 0.3) is 0 Å². The van der Waals surface area contributed by atoms with Crippen LogP contribution in [0.1, 0.15) is 51.0 Å². The molecule has 0 aromatic carbocycles. The topological polar surface area (TPSA) is 37.8 Å². The van der Waals surface area contributed by atoms with Crippen LogP contribution in [0.25, 0.3) is 0 Å². The molecule has 94 valence electrons. The lowest BCUT2D eigenvalue weighted by atomic mass is 9.75. The quantitative estimate of drug-likeness (QED) is 0.850. The lowest BCUT2D eigenvalue weighted by Gasteiger charge is -2.34. The number of rotatable bonds is 2. The van der Waals surface area contributed by atoms with Crippen molar-refractivity contribution in [2.75, 3.05) is 5.32 Å². The molecular formula is C14H23N3. The van der Waals surface area contributed by atoms with Crippen molar-refractivity contribution in [1.29, 1.82) is 0 Å². The van der Waals surface area contributed by atoms with Gasteiger partial charge in [0.1, 0.15) is 11.6 Å². The normalized spacial score (nSPS) is 20.2. The Morgan fingerprint density at radius 1 is 1.18 bits per heavy atom. The highest BCUT2D eigenvalue weighted by Gasteiger charge is 2.26. The molecule has 1 saturated carbocycles. The third kappa shape index (κ3) is 3.42. The van der Waals surface area contributed by atoms with Crippen molar-refractivity contribution in [1.82, 2.24) is 9.97 Å². The molecule has 1 aromatic rings. The lowest BCUT2D eigenvalue weighted by molar-refractivity contribution is 0.232. The molecule has 0 radical (unpaired) electrons. The van der Waals surface area contributed by atoms with Crippen LogP contribution in [0.15, 0.2) is 6.07 Å². The van der Waals surface area contributed by atoms with Gasteiger partial charge in [-0.05, 0) is 44.9 Å². The average Bonchev–Trinajstić information content (AvgIpc) is 2.20. The number of hydrogen-bond acceptors (Lipinski definition) is 3.